The van der Waals surface area contributed by atoms with Crippen LogP contribution in [0.3, 0.4) is 0 Å². The fraction of sp³-hybridized carbons (Fsp3) is 0.0769. The smallest absolute Gasteiger partial charge is 0.135 e. The molecule has 6 rings (SSSR count). The second-order valence-corrected chi connectivity index (χ2v) is 8.72. The molecule has 0 saturated carbocycles. The van der Waals surface area contributed by atoms with E-state index in [0.29, 0.717) is 0 Å². The number of nitrogens with zero attached hydrogens (tertiary/aromatic N) is 1. The molecule has 0 atom stereocenters. The summed E-state index contributed by atoms with van der Waals surface area (Å²) < 4.78 is 9.47. The van der Waals surface area contributed by atoms with Crippen LogP contribution in [0, 0.1) is 13.8 Å². The molecule has 0 saturated heterocycles. The maximum Gasteiger partial charge on any atom is 0.135 e. The van der Waals surface area contributed by atoms with Crippen molar-refractivity contribution in [1.82, 2.24) is 4.57 Å². The lowest BCUT2D eigenvalue weighted by Crippen LogP contribution is -1.93. The third-order valence-corrected chi connectivity index (χ3v) is 6.24. The minimum Gasteiger partial charge on any atom is -0.456 e. The molecule has 3 heteroatoms. The van der Waals surface area contributed by atoms with Gasteiger partial charge in [0.15, 0.2) is 0 Å². The highest BCUT2D eigenvalue weighted by Crippen LogP contribution is 2.36. The van der Waals surface area contributed by atoms with Crippen molar-refractivity contribution in [2.75, 3.05) is 0 Å². The zero-order valence-electron chi connectivity index (χ0n) is 16.2. The maximum absolute atomic E-state index is 6.06. The van der Waals surface area contributed by atoms with Gasteiger partial charge in [0.1, 0.15) is 11.2 Å². The van der Waals surface area contributed by atoms with E-state index in [1.165, 1.54) is 32.9 Å². The minimum atomic E-state index is 0.911. The van der Waals surface area contributed by atoms with E-state index in [0.717, 1.165) is 32.1 Å². The quantitative estimate of drug-likeness (QED) is 0.253. The number of benzene rings is 4. The van der Waals surface area contributed by atoms with Crippen molar-refractivity contribution in [2.45, 2.75) is 13.8 Å². The van der Waals surface area contributed by atoms with E-state index in [9.17, 15) is 0 Å². The normalized spacial score (nSPS) is 12.0. The molecule has 0 unspecified atom stereocenters. The van der Waals surface area contributed by atoms with Crippen molar-refractivity contribution >= 4 is 59.7 Å². The van der Waals surface area contributed by atoms with E-state index in [-0.39, 0.29) is 0 Å². The van der Waals surface area contributed by atoms with Crippen LogP contribution in [-0.2, 0) is 0 Å². The van der Waals surface area contributed by atoms with Crippen molar-refractivity contribution in [1.29, 1.82) is 0 Å². The van der Waals surface area contributed by atoms with Crippen LogP contribution in [0.15, 0.2) is 81.7 Å². The number of hydrogen-bond donors (Lipinski definition) is 0. The van der Waals surface area contributed by atoms with Crippen LogP contribution in [0.2, 0.25) is 0 Å². The molecule has 2 aromatic heterocycles. The highest BCUT2D eigenvalue weighted by atomic mass is 79.9. The second-order valence-electron chi connectivity index (χ2n) is 7.80. The summed E-state index contributed by atoms with van der Waals surface area (Å²) in [5.41, 5.74) is 7.98. The predicted octanol–water partition coefficient (Wildman–Crippen LogP) is 8.06. The van der Waals surface area contributed by atoms with Crippen molar-refractivity contribution < 1.29 is 4.42 Å². The van der Waals surface area contributed by atoms with E-state index in [1.54, 1.807) is 0 Å². The number of aromatic nitrogens is 1. The lowest BCUT2D eigenvalue weighted by molar-refractivity contribution is 0.669. The Morgan fingerprint density at radius 2 is 1.21 bits per heavy atom. The van der Waals surface area contributed by atoms with Crippen LogP contribution < -0.4 is 0 Å². The molecule has 2 heterocycles. The molecule has 0 amide bonds. The van der Waals surface area contributed by atoms with Crippen molar-refractivity contribution in [3.8, 4) is 5.69 Å². The number of halogens is 1. The monoisotopic (exact) mass is 439 g/mol. The van der Waals surface area contributed by atoms with Crippen LogP contribution in [0.1, 0.15) is 11.1 Å². The second kappa shape index (κ2) is 5.98. The van der Waals surface area contributed by atoms with Gasteiger partial charge in [0.2, 0.25) is 0 Å². The Bertz CT molecular complexity index is 1530. The van der Waals surface area contributed by atoms with E-state index in [4.69, 9.17) is 4.42 Å². The SMILES string of the molecule is Cc1ccc2c(c1)c1cc(C)ccc1n2-c1ccc2oc3ccc(Br)cc3c2c1. The molecule has 0 spiro atoms. The molecule has 6 aromatic rings. The molecule has 0 bridgehead atoms. The zero-order valence-corrected chi connectivity index (χ0v) is 17.7. The highest BCUT2D eigenvalue weighted by molar-refractivity contribution is 9.10. The number of fused-ring (bicyclic) bond motifs is 6. The Labute approximate surface area is 176 Å². The molecule has 2 nitrogen and oxygen atoms in total. The van der Waals surface area contributed by atoms with Crippen LogP contribution in [0.4, 0.5) is 0 Å². The summed E-state index contributed by atoms with van der Waals surface area (Å²) in [6.45, 7) is 4.31. The van der Waals surface area contributed by atoms with Gasteiger partial charge in [-0.25, -0.2) is 0 Å². The summed E-state index contributed by atoms with van der Waals surface area (Å²) in [5, 5.41) is 4.85. The summed E-state index contributed by atoms with van der Waals surface area (Å²) in [6.07, 6.45) is 0. The number of hydrogen-bond acceptors (Lipinski definition) is 1. The summed E-state index contributed by atoms with van der Waals surface area (Å²) in [5.74, 6) is 0. The Morgan fingerprint density at radius 1 is 0.621 bits per heavy atom. The van der Waals surface area contributed by atoms with Gasteiger partial charge in [-0.3, -0.25) is 0 Å². The minimum absolute atomic E-state index is 0.911. The summed E-state index contributed by atoms with van der Waals surface area (Å²) in [4.78, 5) is 0. The molecule has 0 radical (unpaired) electrons. The lowest BCUT2D eigenvalue weighted by Gasteiger charge is -2.08. The van der Waals surface area contributed by atoms with Gasteiger partial charge in [0.25, 0.3) is 0 Å². The highest BCUT2D eigenvalue weighted by Gasteiger charge is 2.15. The molecule has 4 aromatic carbocycles. The molecular formula is C26H18BrNO. The van der Waals surface area contributed by atoms with Crippen molar-refractivity contribution in [3.63, 3.8) is 0 Å². The van der Waals surface area contributed by atoms with E-state index < -0.39 is 0 Å². The first-order chi connectivity index (χ1) is 14.1. The van der Waals surface area contributed by atoms with Gasteiger partial charge < -0.3 is 8.98 Å². The average Bonchev–Trinajstić information content (AvgIpc) is 3.22. The van der Waals surface area contributed by atoms with Gasteiger partial charge >= 0.3 is 0 Å². The summed E-state index contributed by atoms with van der Waals surface area (Å²) in [6, 6.07) is 26.1. The Balaban J connectivity index is 1.74. The Kier molecular flexibility index (Phi) is 3.48. The topological polar surface area (TPSA) is 18.1 Å². The van der Waals surface area contributed by atoms with Gasteiger partial charge in [-0.2, -0.15) is 0 Å². The van der Waals surface area contributed by atoms with E-state index in [1.807, 2.05) is 12.1 Å². The van der Waals surface area contributed by atoms with Gasteiger partial charge in [0.05, 0.1) is 11.0 Å². The first kappa shape index (κ1) is 16.9. The third kappa shape index (κ3) is 2.47. The largest absolute Gasteiger partial charge is 0.456 e. The van der Waals surface area contributed by atoms with Gasteiger partial charge in [-0.15, -0.1) is 0 Å². The molecule has 0 aliphatic heterocycles. The fourth-order valence-corrected chi connectivity index (χ4v) is 4.77. The number of rotatable bonds is 1. The van der Waals surface area contributed by atoms with Gasteiger partial charge in [-0.1, -0.05) is 39.2 Å². The molecule has 29 heavy (non-hydrogen) atoms. The first-order valence-electron chi connectivity index (χ1n) is 9.72. The molecule has 0 N–H and O–H groups in total. The van der Waals surface area contributed by atoms with Crippen LogP contribution >= 0.6 is 15.9 Å². The van der Waals surface area contributed by atoms with Crippen molar-refractivity contribution in [2.24, 2.45) is 0 Å². The Morgan fingerprint density at radius 3 is 1.86 bits per heavy atom. The molecule has 140 valence electrons. The van der Waals surface area contributed by atoms with Crippen LogP contribution in [-0.4, -0.2) is 4.57 Å². The predicted molar refractivity (Wildman–Crippen MR) is 125 cm³/mol. The van der Waals surface area contributed by atoms with Gasteiger partial charge in [0, 0.05) is 31.7 Å². The molecule has 0 fully saturated rings. The summed E-state index contributed by atoms with van der Waals surface area (Å²) in [7, 11) is 0. The van der Waals surface area contributed by atoms with Gasteiger partial charge in [-0.05, 0) is 74.5 Å². The lowest BCUT2D eigenvalue weighted by atomic mass is 10.1. The van der Waals surface area contributed by atoms with E-state index >= 15 is 0 Å². The number of aryl methyl sites for hydroxylation is 2. The fourth-order valence-electron chi connectivity index (χ4n) is 4.41. The van der Waals surface area contributed by atoms with Crippen molar-refractivity contribution in [3.05, 3.63) is 88.4 Å². The Hall–Kier alpha value is -3.04. The van der Waals surface area contributed by atoms with E-state index in [2.05, 4.69) is 95.0 Å². The van der Waals surface area contributed by atoms with Crippen LogP contribution in [0.5, 0.6) is 0 Å². The molecular weight excluding hydrogens is 422 g/mol. The number of furan rings is 1. The first-order valence-corrected chi connectivity index (χ1v) is 10.5. The third-order valence-electron chi connectivity index (χ3n) is 5.75. The summed E-state index contributed by atoms with van der Waals surface area (Å²) >= 11 is 3.59. The maximum atomic E-state index is 6.06. The molecule has 0 aliphatic carbocycles. The van der Waals surface area contributed by atoms with Crippen LogP contribution in [0.25, 0.3) is 49.4 Å². The standard InChI is InChI=1S/C26H18BrNO/c1-15-3-7-23-19(11-15)20-12-16(2)4-8-24(20)28(23)18-6-10-26-22(14-18)21-13-17(27)5-9-25(21)29-26/h3-14H,1-2H3. The molecule has 0 aliphatic rings. The zero-order chi connectivity index (χ0) is 19.7. The average molecular weight is 440 g/mol.